The second-order valence-electron chi connectivity index (χ2n) is 6.07. The van der Waals surface area contributed by atoms with Gasteiger partial charge in [-0.05, 0) is 45.9 Å². The van der Waals surface area contributed by atoms with Crippen molar-refractivity contribution in [1.82, 2.24) is 15.2 Å². The third-order valence-corrected chi connectivity index (χ3v) is 3.84. The lowest BCUT2D eigenvalue weighted by molar-refractivity contribution is 0.0935. The smallest absolute Gasteiger partial charge is 0.267 e. The van der Waals surface area contributed by atoms with Crippen LogP contribution in [-0.2, 0) is 0 Å². The number of carbonyl (C=O) groups is 1. The second kappa shape index (κ2) is 6.92. The van der Waals surface area contributed by atoms with E-state index in [2.05, 4.69) is 42.9 Å². The SMILES string of the molecule is CC(C)N(CCNC(=O)c1cc2c(F)cccc2[nH]1)C(C)C. The number of rotatable bonds is 6. The van der Waals surface area contributed by atoms with E-state index < -0.39 is 0 Å². The number of H-pyrrole nitrogens is 1. The Morgan fingerprint density at radius 1 is 1.27 bits per heavy atom. The van der Waals surface area contributed by atoms with Gasteiger partial charge in [-0.25, -0.2) is 4.39 Å². The molecule has 0 fully saturated rings. The molecule has 0 aliphatic carbocycles. The predicted molar refractivity (Wildman–Crippen MR) is 87.6 cm³/mol. The lowest BCUT2D eigenvalue weighted by Crippen LogP contribution is -2.42. The van der Waals surface area contributed by atoms with E-state index in [0.29, 0.717) is 35.2 Å². The Labute approximate surface area is 130 Å². The average molecular weight is 305 g/mol. The fourth-order valence-corrected chi connectivity index (χ4v) is 2.75. The first-order valence-corrected chi connectivity index (χ1v) is 7.71. The molecule has 22 heavy (non-hydrogen) atoms. The lowest BCUT2D eigenvalue weighted by Gasteiger charge is -2.30. The van der Waals surface area contributed by atoms with Crippen LogP contribution in [-0.4, -0.2) is 41.0 Å². The Bertz CT molecular complexity index is 640. The molecule has 0 spiro atoms. The van der Waals surface area contributed by atoms with Crippen molar-refractivity contribution in [2.24, 2.45) is 0 Å². The molecular weight excluding hydrogens is 281 g/mol. The van der Waals surface area contributed by atoms with Crippen molar-refractivity contribution in [3.05, 3.63) is 35.8 Å². The first-order chi connectivity index (χ1) is 10.4. The summed E-state index contributed by atoms with van der Waals surface area (Å²) in [7, 11) is 0. The van der Waals surface area contributed by atoms with Crippen LogP contribution in [0, 0.1) is 5.82 Å². The second-order valence-corrected chi connectivity index (χ2v) is 6.07. The minimum absolute atomic E-state index is 0.205. The molecule has 0 atom stereocenters. The largest absolute Gasteiger partial charge is 0.350 e. The van der Waals surface area contributed by atoms with Gasteiger partial charge in [0.25, 0.3) is 5.91 Å². The minimum Gasteiger partial charge on any atom is -0.350 e. The highest BCUT2D eigenvalue weighted by Crippen LogP contribution is 2.18. The van der Waals surface area contributed by atoms with Crippen LogP contribution in [0.1, 0.15) is 38.2 Å². The molecular formula is C17H24FN3O. The van der Waals surface area contributed by atoms with Crippen molar-refractivity contribution in [2.45, 2.75) is 39.8 Å². The maximum atomic E-state index is 13.6. The van der Waals surface area contributed by atoms with Crippen LogP contribution < -0.4 is 5.32 Å². The zero-order chi connectivity index (χ0) is 16.3. The monoisotopic (exact) mass is 305 g/mol. The molecule has 2 rings (SSSR count). The first kappa shape index (κ1) is 16.5. The molecule has 1 aromatic heterocycles. The first-order valence-electron chi connectivity index (χ1n) is 7.71. The summed E-state index contributed by atoms with van der Waals surface area (Å²) in [5.41, 5.74) is 1.02. The molecule has 2 aromatic rings. The summed E-state index contributed by atoms with van der Waals surface area (Å²) in [6, 6.07) is 7.19. The van der Waals surface area contributed by atoms with Crippen molar-refractivity contribution in [2.75, 3.05) is 13.1 Å². The van der Waals surface area contributed by atoms with Gasteiger partial charge >= 0.3 is 0 Å². The summed E-state index contributed by atoms with van der Waals surface area (Å²) in [5, 5.41) is 3.33. The number of hydrogen-bond donors (Lipinski definition) is 2. The number of fused-ring (bicyclic) bond motifs is 1. The highest BCUT2D eigenvalue weighted by Gasteiger charge is 2.15. The van der Waals surface area contributed by atoms with Crippen LogP contribution in [0.5, 0.6) is 0 Å². The van der Waals surface area contributed by atoms with Crippen LogP contribution in [0.4, 0.5) is 4.39 Å². The summed E-state index contributed by atoms with van der Waals surface area (Å²) < 4.78 is 13.6. The minimum atomic E-state index is -0.321. The van der Waals surface area contributed by atoms with Gasteiger partial charge in [0.2, 0.25) is 0 Å². The Hall–Kier alpha value is -1.88. The molecule has 120 valence electrons. The number of nitrogens with one attached hydrogen (secondary N) is 2. The summed E-state index contributed by atoms with van der Waals surface area (Å²) in [6.45, 7) is 9.91. The zero-order valence-corrected chi connectivity index (χ0v) is 13.6. The van der Waals surface area contributed by atoms with Gasteiger partial charge in [-0.1, -0.05) is 6.07 Å². The van der Waals surface area contributed by atoms with Crippen molar-refractivity contribution in [1.29, 1.82) is 0 Å². The average Bonchev–Trinajstić information content (AvgIpc) is 2.88. The Balaban J connectivity index is 1.98. The molecule has 2 N–H and O–H groups in total. The standard InChI is InChI=1S/C17H24FN3O/c1-11(2)21(12(3)4)9-8-19-17(22)16-10-13-14(18)6-5-7-15(13)20-16/h5-7,10-12,20H,8-9H2,1-4H3,(H,19,22). The van der Waals surface area contributed by atoms with Crippen LogP contribution in [0.3, 0.4) is 0 Å². The number of amides is 1. The number of nitrogens with zero attached hydrogens (tertiary/aromatic N) is 1. The normalized spacial score (nSPS) is 11.8. The third-order valence-electron chi connectivity index (χ3n) is 3.84. The lowest BCUT2D eigenvalue weighted by atomic mass is 10.2. The zero-order valence-electron chi connectivity index (χ0n) is 13.6. The number of hydrogen-bond acceptors (Lipinski definition) is 2. The summed E-state index contributed by atoms with van der Waals surface area (Å²) in [5.74, 6) is -0.526. The van der Waals surface area contributed by atoms with Gasteiger partial charge < -0.3 is 10.3 Å². The van der Waals surface area contributed by atoms with E-state index in [1.54, 1.807) is 18.2 Å². The molecule has 4 nitrogen and oxygen atoms in total. The highest BCUT2D eigenvalue weighted by molar-refractivity contribution is 5.98. The molecule has 1 amide bonds. The van der Waals surface area contributed by atoms with Crippen molar-refractivity contribution < 1.29 is 9.18 Å². The van der Waals surface area contributed by atoms with Crippen LogP contribution in [0.15, 0.2) is 24.3 Å². The third kappa shape index (κ3) is 3.65. The number of aromatic nitrogens is 1. The molecule has 0 saturated heterocycles. The molecule has 0 aliphatic rings. The van der Waals surface area contributed by atoms with Crippen molar-refractivity contribution >= 4 is 16.8 Å². The fraction of sp³-hybridized carbons (Fsp3) is 0.471. The Morgan fingerprint density at radius 3 is 2.55 bits per heavy atom. The number of aromatic amines is 1. The topological polar surface area (TPSA) is 48.1 Å². The van der Waals surface area contributed by atoms with E-state index in [1.165, 1.54) is 6.07 Å². The van der Waals surface area contributed by atoms with Crippen molar-refractivity contribution in [3.8, 4) is 0 Å². The maximum absolute atomic E-state index is 13.6. The van der Waals surface area contributed by atoms with E-state index in [1.807, 2.05) is 0 Å². The van der Waals surface area contributed by atoms with Gasteiger partial charge in [0.05, 0.1) is 0 Å². The van der Waals surface area contributed by atoms with Gasteiger partial charge in [0.15, 0.2) is 0 Å². The summed E-state index contributed by atoms with van der Waals surface area (Å²) in [4.78, 5) is 17.4. The molecule has 5 heteroatoms. The van der Waals surface area contributed by atoms with Gasteiger partial charge in [0, 0.05) is 36.1 Å². The molecule has 0 saturated carbocycles. The number of halogens is 1. The van der Waals surface area contributed by atoms with E-state index >= 15 is 0 Å². The van der Waals surface area contributed by atoms with Gasteiger partial charge in [-0.2, -0.15) is 0 Å². The van der Waals surface area contributed by atoms with Crippen LogP contribution in [0.25, 0.3) is 10.9 Å². The molecule has 1 aromatic carbocycles. The molecule has 0 radical (unpaired) electrons. The van der Waals surface area contributed by atoms with Crippen LogP contribution >= 0.6 is 0 Å². The van der Waals surface area contributed by atoms with Crippen LogP contribution in [0.2, 0.25) is 0 Å². The van der Waals surface area contributed by atoms with E-state index in [4.69, 9.17) is 0 Å². The van der Waals surface area contributed by atoms with E-state index in [0.717, 1.165) is 6.54 Å². The van der Waals surface area contributed by atoms with Gasteiger partial charge in [0.1, 0.15) is 11.5 Å². The molecule has 1 heterocycles. The Morgan fingerprint density at radius 2 is 1.95 bits per heavy atom. The molecule has 0 unspecified atom stereocenters. The van der Waals surface area contributed by atoms with E-state index in [9.17, 15) is 9.18 Å². The van der Waals surface area contributed by atoms with Gasteiger partial charge in [-0.15, -0.1) is 0 Å². The highest BCUT2D eigenvalue weighted by atomic mass is 19.1. The quantitative estimate of drug-likeness (QED) is 0.861. The predicted octanol–water partition coefficient (Wildman–Crippen LogP) is 3.16. The summed E-state index contributed by atoms with van der Waals surface area (Å²) >= 11 is 0. The Kier molecular flexibility index (Phi) is 5.19. The van der Waals surface area contributed by atoms with E-state index in [-0.39, 0.29) is 11.7 Å². The number of benzene rings is 1. The van der Waals surface area contributed by atoms with Crippen molar-refractivity contribution in [3.63, 3.8) is 0 Å². The van der Waals surface area contributed by atoms with Gasteiger partial charge in [-0.3, -0.25) is 9.69 Å². The maximum Gasteiger partial charge on any atom is 0.267 e. The molecule has 0 bridgehead atoms. The fourth-order valence-electron chi connectivity index (χ4n) is 2.75. The summed E-state index contributed by atoms with van der Waals surface area (Å²) in [6.07, 6.45) is 0. The number of carbonyl (C=O) groups excluding carboxylic acids is 1. The molecule has 0 aliphatic heterocycles.